The molecule has 0 fully saturated rings. The Morgan fingerprint density at radius 2 is 1.58 bits per heavy atom. The zero-order valence-corrected chi connectivity index (χ0v) is 25.3. The van der Waals surface area contributed by atoms with Gasteiger partial charge < -0.3 is 9.64 Å². The molecule has 0 aliphatic heterocycles. The summed E-state index contributed by atoms with van der Waals surface area (Å²) >= 11 is 1.43. The van der Waals surface area contributed by atoms with Crippen molar-refractivity contribution >= 4 is 55.0 Å². The highest BCUT2D eigenvalue weighted by atomic mass is 35.5. The Kier molecular flexibility index (Phi) is 12.4. The van der Waals surface area contributed by atoms with Crippen LogP contribution in [0.2, 0.25) is 0 Å². The second-order valence-electron chi connectivity index (χ2n) is 9.23. The molecule has 0 bridgehead atoms. The first-order chi connectivity index (χ1) is 17.7. The van der Waals surface area contributed by atoms with Crippen LogP contribution in [-0.2, 0) is 10.0 Å². The van der Waals surface area contributed by atoms with E-state index in [0.717, 1.165) is 41.6 Å². The van der Waals surface area contributed by atoms with E-state index < -0.39 is 10.0 Å². The fourth-order valence-electron chi connectivity index (χ4n) is 3.81. The van der Waals surface area contributed by atoms with Gasteiger partial charge in [0.15, 0.2) is 5.13 Å². The monoisotopic (exact) mass is 582 g/mol. The molecule has 0 saturated carbocycles. The minimum absolute atomic E-state index is 0. The van der Waals surface area contributed by atoms with E-state index in [1.807, 2.05) is 37.2 Å². The van der Waals surface area contributed by atoms with Gasteiger partial charge in [0.2, 0.25) is 10.0 Å². The molecule has 0 aliphatic rings. The van der Waals surface area contributed by atoms with Crippen LogP contribution < -0.4 is 9.64 Å². The van der Waals surface area contributed by atoms with Crippen molar-refractivity contribution in [2.75, 3.05) is 52.3 Å². The average Bonchev–Trinajstić information content (AvgIpc) is 3.31. The number of rotatable bonds is 14. The van der Waals surface area contributed by atoms with Crippen molar-refractivity contribution < 1.29 is 17.9 Å². The third-order valence-electron chi connectivity index (χ3n) is 6.09. The first kappa shape index (κ1) is 32.0. The molecule has 38 heavy (non-hydrogen) atoms. The number of unbranched alkanes of at least 4 members (excludes halogenated alkanes) is 2. The molecule has 0 unspecified atom stereocenters. The van der Waals surface area contributed by atoms with Crippen molar-refractivity contribution in [2.24, 2.45) is 0 Å². The number of anilines is 1. The summed E-state index contributed by atoms with van der Waals surface area (Å²) in [4.78, 5) is 22.2. The maximum atomic E-state index is 13.6. The van der Waals surface area contributed by atoms with Crippen LogP contribution >= 0.6 is 23.7 Å². The number of aromatic nitrogens is 1. The molecule has 0 saturated heterocycles. The smallest absolute Gasteiger partial charge is 0.260 e. The molecule has 1 amide bonds. The Balaban J connectivity index is 0.00000507. The molecule has 3 aromatic rings. The van der Waals surface area contributed by atoms with E-state index in [2.05, 4.69) is 13.8 Å². The fourth-order valence-corrected chi connectivity index (χ4v) is 6.35. The van der Waals surface area contributed by atoms with Crippen LogP contribution in [0, 0.1) is 0 Å². The van der Waals surface area contributed by atoms with Gasteiger partial charge in [-0.05, 0) is 69.4 Å². The maximum Gasteiger partial charge on any atom is 0.260 e. The number of amides is 1. The maximum absolute atomic E-state index is 13.6. The molecule has 8 nitrogen and oxygen atoms in total. The molecule has 0 atom stereocenters. The molecule has 0 spiro atoms. The van der Waals surface area contributed by atoms with Crippen LogP contribution in [0.3, 0.4) is 0 Å². The fraction of sp³-hybridized carbons (Fsp3) is 0.481. The van der Waals surface area contributed by atoms with E-state index >= 15 is 0 Å². The first-order valence-electron chi connectivity index (χ1n) is 12.7. The Labute approximate surface area is 237 Å². The van der Waals surface area contributed by atoms with Gasteiger partial charge in [-0.15, -0.1) is 12.4 Å². The van der Waals surface area contributed by atoms with Gasteiger partial charge in [0, 0.05) is 31.7 Å². The number of nitrogens with zero attached hydrogens (tertiary/aromatic N) is 4. The zero-order valence-electron chi connectivity index (χ0n) is 22.8. The van der Waals surface area contributed by atoms with Gasteiger partial charge in [-0.2, -0.15) is 4.31 Å². The molecule has 2 aromatic carbocycles. The van der Waals surface area contributed by atoms with Gasteiger partial charge >= 0.3 is 0 Å². The summed E-state index contributed by atoms with van der Waals surface area (Å²) in [6, 6.07) is 11.9. The van der Waals surface area contributed by atoms with Crippen molar-refractivity contribution in [2.45, 2.75) is 44.4 Å². The lowest BCUT2D eigenvalue weighted by molar-refractivity contribution is 0.0985. The highest BCUT2D eigenvalue weighted by molar-refractivity contribution is 7.89. The Morgan fingerprint density at radius 1 is 0.947 bits per heavy atom. The van der Waals surface area contributed by atoms with E-state index in [1.54, 1.807) is 40.6 Å². The lowest BCUT2D eigenvalue weighted by atomic mass is 10.2. The number of thiazole rings is 1. The molecule has 0 aliphatic carbocycles. The molecule has 3 rings (SSSR count). The topological polar surface area (TPSA) is 83.1 Å². The van der Waals surface area contributed by atoms with Gasteiger partial charge in [0.1, 0.15) is 5.75 Å². The predicted octanol–water partition coefficient (Wildman–Crippen LogP) is 5.53. The van der Waals surface area contributed by atoms with Crippen LogP contribution in [-0.4, -0.2) is 75.9 Å². The van der Waals surface area contributed by atoms with Gasteiger partial charge in [0.25, 0.3) is 5.91 Å². The number of hydrogen-bond donors (Lipinski definition) is 0. The summed E-state index contributed by atoms with van der Waals surface area (Å²) in [5.41, 5.74) is 1.22. The number of carbonyl (C=O) groups is 1. The third kappa shape index (κ3) is 7.89. The zero-order chi connectivity index (χ0) is 27.0. The molecule has 0 radical (unpaired) electrons. The Bertz CT molecular complexity index is 1270. The van der Waals surface area contributed by atoms with E-state index in [1.165, 1.54) is 11.3 Å². The van der Waals surface area contributed by atoms with Crippen molar-refractivity contribution in [1.29, 1.82) is 0 Å². The van der Waals surface area contributed by atoms with Crippen LogP contribution in [0.5, 0.6) is 5.75 Å². The van der Waals surface area contributed by atoms with E-state index in [9.17, 15) is 13.2 Å². The van der Waals surface area contributed by atoms with E-state index in [4.69, 9.17) is 9.72 Å². The number of benzene rings is 2. The number of halogens is 1. The molecular formula is C27H39ClN4O4S2. The molecule has 0 N–H and O–H groups in total. The quantitative estimate of drug-likeness (QED) is 0.249. The lowest BCUT2D eigenvalue weighted by Crippen LogP contribution is -2.37. The second kappa shape index (κ2) is 14.8. The third-order valence-corrected chi connectivity index (χ3v) is 9.05. The molecule has 1 heterocycles. The minimum atomic E-state index is -3.63. The first-order valence-corrected chi connectivity index (χ1v) is 15.0. The van der Waals surface area contributed by atoms with Crippen molar-refractivity contribution in [1.82, 2.24) is 14.2 Å². The molecular weight excluding hydrogens is 544 g/mol. The van der Waals surface area contributed by atoms with Crippen molar-refractivity contribution in [3.8, 4) is 5.75 Å². The van der Waals surface area contributed by atoms with Crippen LogP contribution in [0.25, 0.3) is 10.2 Å². The SMILES string of the molecule is CCCCN(CCCC)S(=O)(=O)c1ccc(C(=O)N(CCN(C)C)c2nc3ccc(OC)cc3s2)cc1.Cl. The number of fused-ring (bicyclic) bond motifs is 1. The predicted molar refractivity (Wildman–Crippen MR) is 159 cm³/mol. The summed E-state index contributed by atoms with van der Waals surface area (Å²) in [5, 5.41) is 0.595. The number of likely N-dealkylation sites (N-methyl/N-ethyl adjacent to an activating group) is 1. The van der Waals surface area contributed by atoms with Crippen LogP contribution in [0.4, 0.5) is 5.13 Å². The van der Waals surface area contributed by atoms with E-state index in [-0.39, 0.29) is 23.2 Å². The second-order valence-corrected chi connectivity index (χ2v) is 12.2. The van der Waals surface area contributed by atoms with Crippen LogP contribution in [0.15, 0.2) is 47.4 Å². The van der Waals surface area contributed by atoms with Crippen molar-refractivity contribution in [3.05, 3.63) is 48.0 Å². The number of ether oxygens (including phenoxy) is 1. The Morgan fingerprint density at radius 3 is 2.13 bits per heavy atom. The number of sulfonamides is 1. The van der Waals surface area contributed by atoms with E-state index in [0.29, 0.717) is 36.9 Å². The molecule has 1 aromatic heterocycles. The largest absolute Gasteiger partial charge is 0.497 e. The number of carbonyl (C=O) groups excluding carboxylic acids is 1. The molecule has 210 valence electrons. The van der Waals surface area contributed by atoms with Crippen molar-refractivity contribution in [3.63, 3.8) is 0 Å². The summed E-state index contributed by atoms with van der Waals surface area (Å²) in [6.07, 6.45) is 3.47. The summed E-state index contributed by atoms with van der Waals surface area (Å²) in [5.74, 6) is 0.517. The highest BCUT2D eigenvalue weighted by Crippen LogP contribution is 2.32. The number of hydrogen-bond acceptors (Lipinski definition) is 7. The average molecular weight is 583 g/mol. The number of methoxy groups -OCH3 is 1. The standard InChI is InChI=1S/C27H38N4O4S2.ClH/c1-6-8-16-30(17-9-7-2)37(33,34)23-13-10-21(11-14-23)26(32)31(19-18-29(3)4)27-28-24-15-12-22(35-5)20-25(24)36-27;/h10-15,20H,6-9,16-19H2,1-5H3;1H. The Hall–Kier alpha value is -2.24. The lowest BCUT2D eigenvalue weighted by Gasteiger charge is -2.23. The minimum Gasteiger partial charge on any atom is -0.497 e. The van der Waals surface area contributed by atoms with Gasteiger partial charge in [-0.25, -0.2) is 13.4 Å². The van der Waals surface area contributed by atoms with Gasteiger partial charge in [-0.1, -0.05) is 38.0 Å². The highest BCUT2D eigenvalue weighted by Gasteiger charge is 2.26. The summed E-state index contributed by atoms with van der Waals surface area (Å²) in [6.45, 7) is 6.20. The molecule has 11 heteroatoms. The van der Waals surface area contributed by atoms with Gasteiger partial charge in [-0.3, -0.25) is 9.69 Å². The summed E-state index contributed by atoms with van der Waals surface area (Å²) in [7, 11) is 1.90. The van der Waals surface area contributed by atoms with Gasteiger partial charge in [0.05, 0.1) is 22.2 Å². The normalized spacial score (nSPS) is 11.7. The summed E-state index contributed by atoms with van der Waals surface area (Å²) < 4.78 is 34.5. The van der Waals surface area contributed by atoms with Crippen LogP contribution in [0.1, 0.15) is 49.9 Å².